The van der Waals surface area contributed by atoms with Gasteiger partial charge in [-0.15, -0.1) is 0 Å². The van der Waals surface area contributed by atoms with E-state index >= 15 is 0 Å². The summed E-state index contributed by atoms with van der Waals surface area (Å²) in [5, 5.41) is 13.6. The van der Waals surface area contributed by atoms with Crippen LogP contribution in [0.5, 0.6) is 0 Å². The van der Waals surface area contributed by atoms with Crippen LogP contribution in [0.15, 0.2) is 30.3 Å². The first kappa shape index (κ1) is 24.1. The molecule has 1 aromatic rings. The number of hydrogen-bond acceptors (Lipinski definition) is 6. The maximum atomic E-state index is 12.6. The lowest BCUT2D eigenvalue weighted by Gasteiger charge is -2.29. The molecular formula is C21H32N2O7S. The molecule has 0 spiro atoms. The fraction of sp³-hybridized carbons (Fsp3) is 0.667. The molecule has 2 fully saturated rings. The average molecular weight is 457 g/mol. The Morgan fingerprint density at radius 1 is 1.29 bits per heavy atom. The minimum absolute atomic E-state index is 0.0154. The molecule has 0 radical (unpaired) electrons. The monoisotopic (exact) mass is 456 g/mol. The van der Waals surface area contributed by atoms with Crippen molar-refractivity contribution in [3.05, 3.63) is 35.9 Å². The number of nitrogens with zero attached hydrogens (tertiary/aromatic N) is 1. The molecule has 2 heterocycles. The lowest BCUT2D eigenvalue weighted by molar-refractivity contribution is -0.0907. The van der Waals surface area contributed by atoms with Crippen molar-refractivity contribution in [2.75, 3.05) is 26.3 Å². The summed E-state index contributed by atoms with van der Waals surface area (Å²) in [5.41, 5.74) is 0.917. The number of aliphatic hydroxyl groups excluding tert-OH is 1. The number of rotatable bonds is 10. The topological polar surface area (TPSA) is 118 Å². The summed E-state index contributed by atoms with van der Waals surface area (Å²) in [7, 11) is 0. The molecule has 10 heteroatoms. The highest BCUT2D eigenvalue weighted by atomic mass is 32.2. The van der Waals surface area contributed by atoms with Crippen molar-refractivity contribution < 1.29 is 32.9 Å². The van der Waals surface area contributed by atoms with Gasteiger partial charge < -0.3 is 24.6 Å². The summed E-state index contributed by atoms with van der Waals surface area (Å²) >= 11 is -2.23. The second-order valence-electron chi connectivity index (χ2n) is 8.45. The number of amides is 1. The van der Waals surface area contributed by atoms with Crippen LogP contribution in [0.25, 0.3) is 0 Å². The molecule has 174 valence electrons. The summed E-state index contributed by atoms with van der Waals surface area (Å²) < 4.78 is 39.1. The molecule has 9 nitrogen and oxygen atoms in total. The zero-order chi connectivity index (χ0) is 22.4. The van der Waals surface area contributed by atoms with Crippen LogP contribution in [0.1, 0.15) is 25.8 Å². The minimum Gasteiger partial charge on any atom is -0.443 e. The third kappa shape index (κ3) is 6.96. The smallest absolute Gasteiger partial charge is 0.407 e. The summed E-state index contributed by atoms with van der Waals surface area (Å²) in [4.78, 5) is 12.6. The Hall–Kier alpha value is -1.56. The zero-order valence-electron chi connectivity index (χ0n) is 17.9. The van der Waals surface area contributed by atoms with Crippen LogP contribution in [0.2, 0.25) is 0 Å². The van der Waals surface area contributed by atoms with Gasteiger partial charge in [0.25, 0.3) is 0 Å². The molecule has 1 aromatic carbocycles. The minimum atomic E-state index is -2.23. The van der Waals surface area contributed by atoms with Crippen molar-refractivity contribution in [1.82, 2.24) is 9.62 Å². The van der Waals surface area contributed by atoms with Gasteiger partial charge in [0.05, 0.1) is 31.3 Å². The van der Waals surface area contributed by atoms with Gasteiger partial charge in [-0.05, 0) is 24.3 Å². The molecule has 0 aromatic heterocycles. The molecule has 0 bridgehead atoms. The summed E-state index contributed by atoms with van der Waals surface area (Å²) in [6.45, 7) is 4.98. The second-order valence-corrected chi connectivity index (χ2v) is 9.43. The molecule has 0 aliphatic carbocycles. The molecule has 6 atom stereocenters. The van der Waals surface area contributed by atoms with Gasteiger partial charge in [-0.3, -0.25) is 4.55 Å². The van der Waals surface area contributed by atoms with E-state index in [9.17, 15) is 18.7 Å². The van der Waals surface area contributed by atoms with Gasteiger partial charge in [0, 0.05) is 13.1 Å². The van der Waals surface area contributed by atoms with Crippen molar-refractivity contribution >= 4 is 17.4 Å². The Balaban J connectivity index is 1.65. The number of hydrogen-bond donors (Lipinski definition) is 3. The SMILES string of the molecule is CC(C)CN(CC(O)C(Cc1ccccc1)NC(=O)OC1COC2OCCC12)S(=O)O. The first-order valence-electron chi connectivity index (χ1n) is 10.6. The maximum Gasteiger partial charge on any atom is 0.407 e. The first-order chi connectivity index (χ1) is 14.8. The van der Waals surface area contributed by atoms with Crippen LogP contribution < -0.4 is 5.32 Å². The van der Waals surface area contributed by atoms with Crippen molar-refractivity contribution in [2.24, 2.45) is 11.8 Å². The van der Waals surface area contributed by atoms with Crippen LogP contribution in [0.4, 0.5) is 4.79 Å². The van der Waals surface area contributed by atoms with E-state index in [1.165, 1.54) is 4.31 Å². The Labute approximate surface area is 185 Å². The molecule has 2 aliphatic rings. The van der Waals surface area contributed by atoms with Gasteiger partial charge in [-0.25, -0.2) is 9.00 Å². The number of benzene rings is 1. The largest absolute Gasteiger partial charge is 0.443 e. The van der Waals surface area contributed by atoms with Gasteiger partial charge in [0.2, 0.25) is 11.3 Å². The van der Waals surface area contributed by atoms with Crippen LogP contribution in [-0.4, -0.2) is 75.1 Å². The number of nitrogens with one attached hydrogen (secondary N) is 1. The number of carbonyl (C=O) groups excluding carboxylic acids is 1. The van der Waals surface area contributed by atoms with Gasteiger partial charge in [0.15, 0.2) is 6.29 Å². The highest BCUT2D eigenvalue weighted by Gasteiger charge is 2.44. The highest BCUT2D eigenvalue weighted by molar-refractivity contribution is 7.76. The first-order valence-corrected chi connectivity index (χ1v) is 11.7. The van der Waals surface area contributed by atoms with E-state index in [1.807, 2.05) is 44.2 Å². The van der Waals surface area contributed by atoms with Crippen LogP contribution >= 0.6 is 0 Å². The second kappa shape index (κ2) is 11.3. The Bertz CT molecular complexity index is 736. The molecular weight excluding hydrogens is 424 g/mol. The molecule has 0 saturated carbocycles. The standard InChI is InChI=1S/C21H32N2O7S/c1-14(2)11-23(31(26)27)12-18(24)17(10-15-6-4-3-5-7-15)22-21(25)30-19-13-29-20-16(19)8-9-28-20/h3-7,14,16-20,24H,8-13H2,1-2H3,(H,22,25)(H,26,27). The van der Waals surface area contributed by atoms with E-state index in [-0.39, 0.29) is 31.3 Å². The van der Waals surface area contributed by atoms with Gasteiger partial charge >= 0.3 is 6.09 Å². The number of fused-ring (bicyclic) bond motifs is 1. The Morgan fingerprint density at radius 3 is 2.71 bits per heavy atom. The summed E-state index contributed by atoms with van der Waals surface area (Å²) in [5.74, 6) is 0.152. The average Bonchev–Trinajstić information content (AvgIpc) is 3.32. The predicted octanol–water partition coefficient (Wildman–Crippen LogP) is 1.54. The third-order valence-corrected chi connectivity index (χ3v) is 6.23. The number of alkyl carbamates (subject to hydrolysis) is 1. The molecule has 1 amide bonds. The van der Waals surface area contributed by atoms with Crippen LogP contribution in [-0.2, 0) is 31.9 Å². The zero-order valence-corrected chi connectivity index (χ0v) is 18.7. The Morgan fingerprint density at radius 2 is 2.03 bits per heavy atom. The Kier molecular flexibility index (Phi) is 8.82. The maximum absolute atomic E-state index is 12.6. The van der Waals surface area contributed by atoms with E-state index in [1.54, 1.807) is 0 Å². The van der Waals surface area contributed by atoms with Crippen molar-refractivity contribution in [3.63, 3.8) is 0 Å². The molecule has 31 heavy (non-hydrogen) atoms. The van der Waals surface area contributed by atoms with Crippen molar-refractivity contribution in [3.8, 4) is 0 Å². The predicted molar refractivity (Wildman–Crippen MR) is 114 cm³/mol. The van der Waals surface area contributed by atoms with E-state index in [2.05, 4.69) is 5.32 Å². The fourth-order valence-corrected chi connectivity index (χ4v) is 4.67. The normalized spacial score (nSPS) is 25.9. The molecule has 6 unspecified atom stereocenters. The molecule has 2 saturated heterocycles. The number of aliphatic hydroxyl groups is 1. The van der Waals surface area contributed by atoms with E-state index < -0.39 is 35.6 Å². The van der Waals surface area contributed by atoms with Gasteiger partial charge in [-0.2, -0.15) is 4.31 Å². The quantitative estimate of drug-likeness (QED) is 0.457. The summed E-state index contributed by atoms with van der Waals surface area (Å²) in [6.07, 6.45) is -1.34. The number of ether oxygens (including phenoxy) is 3. The number of carbonyl (C=O) groups is 1. The van der Waals surface area contributed by atoms with Crippen molar-refractivity contribution in [1.29, 1.82) is 0 Å². The van der Waals surface area contributed by atoms with Gasteiger partial charge in [-0.1, -0.05) is 44.2 Å². The lowest BCUT2D eigenvalue weighted by atomic mass is 10.0. The van der Waals surface area contributed by atoms with Crippen LogP contribution in [0, 0.1) is 11.8 Å². The van der Waals surface area contributed by atoms with E-state index in [0.717, 1.165) is 12.0 Å². The lowest BCUT2D eigenvalue weighted by Crippen LogP contribution is -2.51. The van der Waals surface area contributed by atoms with E-state index in [4.69, 9.17) is 14.2 Å². The highest BCUT2D eigenvalue weighted by Crippen LogP contribution is 2.33. The molecule has 3 rings (SSSR count). The fourth-order valence-electron chi connectivity index (χ4n) is 3.97. The van der Waals surface area contributed by atoms with E-state index in [0.29, 0.717) is 19.6 Å². The molecule has 3 N–H and O–H groups in total. The van der Waals surface area contributed by atoms with Crippen LogP contribution in [0.3, 0.4) is 0 Å². The van der Waals surface area contributed by atoms with Crippen molar-refractivity contribution in [2.45, 2.75) is 51.2 Å². The summed E-state index contributed by atoms with van der Waals surface area (Å²) in [6, 6.07) is 8.73. The molecule has 2 aliphatic heterocycles. The third-order valence-electron chi connectivity index (χ3n) is 5.49. The van der Waals surface area contributed by atoms with Gasteiger partial charge in [0.1, 0.15) is 6.10 Å².